The van der Waals surface area contributed by atoms with E-state index in [1.165, 1.54) is 11.1 Å². The molecule has 0 fully saturated rings. The Kier molecular flexibility index (Phi) is 5.43. The largest absolute Gasteiger partial charge is 0.355 e. The van der Waals surface area contributed by atoms with Crippen molar-refractivity contribution in [3.8, 4) is 0 Å². The van der Waals surface area contributed by atoms with E-state index in [-0.39, 0.29) is 11.3 Å². The molecular formula is C25H25N3O. The third-order valence-corrected chi connectivity index (χ3v) is 5.57. The second-order valence-corrected chi connectivity index (χ2v) is 7.52. The van der Waals surface area contributed by atoms with Gasteiger partial charge in [0.1, 0.15) is 0 Å². The fraction of sp³-hybridized carbons (Fsp3) is 0.200. The first kappa shape index (κ1) is 18.9. The van der Waals surface area contributed by atoms with Crippen molar-refractivity contribution in [2.45, 2.75) is 25.3 Å². The van der Waals surface area contributed by atoms with Crippen LogP contribution in [0.4, 0.5) is 0 Å². The number of amides is 1. The fourth-order valence-corrected chi connectivity index (χ4v) is 3.76. The third-order valence-electron chi connectivity index (χ3n) is 5.57. The topological polar surface area (TPSA) is 46.9 Å². The standard InChI is InChI=1S/C25H25N3O/c1-25(20-10-4-2-5-11-20,21-12-6-3-7-13-21)18-26-24(29)16-17-28-19-27-22-14-8-9-15-23(22)28/h2-15,19H,16-18H2,1H3,(H,26,29). The van der Waals surface area contributed by atoms with Crippen molar-refractivity contribution < 1.29 is 4.79 Å². The number of aryl methyl sites for hydroxylation is 1. The van der Waals surface area contributed by atoms with Crippen molar-refractivity contribution >= 4 is 16.9 Å². The molecule has 0 aliphatic rings. The highest BCUT2D eigenvalue weighted by Crippen LogP contribution is 2.31. The molecule has 29 heavy (non-hydrogen) atoms. The van der Waals surface area contributed by atoms with Gasteiger partial charge in [-0.1, -0.05) is 72.8 Å². The van der Waals surface area contributed by atoms with Gasteiger partial charge in [-0.25, -0.2) is 4.98 Å². The lowest BCUT2D eigenvalue weighted by atomic mass is 9.76. The highest BCUT2D eigenvalue weighted by atomic mass is 16.1. The van der Waals surface area contributed by atoms with Crippen molar-refractivity contribution in [1.29, 1.82) is 0 Å². The van der Waals surface area contributed by atoms with Gasteiger partial charge < -0.3 is 9.88 Å². The molecular weight excluding hydrogens is 358 g/mol. The van der Waals surface area contributed by atoms with E-state index in [1.807, 2.05) is 65.2 Å². The normalized spacial score (nSPS) is 11.5. The van der Waals surface area contributed by atoms with Gasteiger partial charge in [0.05, 0.1) is 17.4 Å². The summed E-state index contributed by atoms with van der Waals surface area (Å²) in [5.74, 6) is 0.0425. The van der Waals surface area contributed by atoms with Gasteiger partial charge in [-0.2, -0.15) is 0 Å². The molecule has 3 aromatic carbocycles. The second-order valence-electron chi connectivity index (χ2n) is 7.52. The summed E-state index contributed by atoms with van der Waals surface area (Å²) in [6.07, 6.45) is 2.22. The minimum Gasteiger partial charge on any atom is -0.355 e. The lowest BCUT2D eigenvalue weighted by Crippen LogP contribution is -2.39. The lowest BCUT2D eigenvalue weighted by molar-refractivity contribution is -0.121. The van der Waals surface area contributed by atoms with Crippen LogP contribution in [-0.4, -0.2) is 22.0 Å². The van der Waals surface area contributed by atoms with Crippen molar-refractivity contribution in [1.82, 2.24) is 14.9 Å². The molecule has 0 aliphatic heterocycles. The van der Waals surface area contributed by atoms with Crippen LogP contribution in [0.15, 0.2) is 91.3 Å². The van der Waals surface area contributed by atoms with E-state index in [0.717, 1.165) is 11.0 Å². The number of benzene rings is 3. The van der Waals surface area contributed by atoms with Crippen LogP contribution >= 0.6 is 0 Å². The lowest BCUT2D eigenvalue weighted by Gasteiger charge is -2.31. The number of hydrogen-bond donors (Lipinski definition) is 1. The third kappa shape index (κ3) is 4.06. The number of fused-ring (bicyclic) bond motifs is 1. The first-order valence-electron chi connectivity index (χ1n) is 9.94. The Morgan fingerprint density at radius 3 is 2.14 bits per heavy atom. The van der Waals surface area contributed by atoms with Crippen molar-refractivity contribution in [3.05, 3.63) is 102 Å². The van der Waals surface area contributed by atoms with E-state index >= 15 is 0 Å². The van der Waals surface area contributed by atoms with Gasteiger partial charge >= 0.3 is 0 Å². The molecule has 0 unspecified atom stereocenters. The van der Waals surface area contributed by atoms with Crippen LogP contribution in [0.1, 0.15) is 24.5 Å². The number of rotatable bonds is 7. The molecule has 0 saturated carbocycles. The summed E-state index contributed by atoms with van der Waals surface area (Å²) in [4.78, 5) is 17.0. The quantitative estimate of drug-likeness (QED) is 0.509. The maximum Gasteiger partial charge on any atom is 0.221 e. The van der Waals surface area contributed by atoms with Gasteiger partial charge in [-0.3, -0.25) is 4.79 Å². The predicted molar refractivity (Wildman–Crippen MR) is 117 cm³/mol. The van der Waals surface area contributed by atoms with E-state index in [9.17, 15) is 4.79 Å². The summed E-state index contributed by atoms with van der Waals surface area (Å²) in [6, 6.07) is 28.7. The predicted octanol–water partition coefficient (Wildman–Crippen LogP) is 4.55. The summed E-state index contributed by atoms with van der Waals surface area (Å²) >= 11 is 0. The first-order chi connectivity index (χ1) is 14.2. The molecule has 1 aromatic heterocycles. The van der Waals surface area contributed by atoms with E-state index in [4.69, 9.17) is 0 Å². The Hall–Kier alpha value is -3.40. The van der Waals surface area contributed by atoms with Gasteiger partial charge in [0.15, 0.2) is 0 Å². The molecule has 4 nitrogen and oxygen atoms in total. The van der Waals surface area contributed by atoms with Gasteiger partial charge in [-0.15, -0.1) is 0 Å². The Morgan fingerprint density at radius 1 is 0.897 bits per heavy atom. The molecule has 0 radical (unpaired) electrons. The zero-order chi connectivity index (χ0) is 20.1. The second kappa shape index (κ2) is 8.31. The number of imidazole rings is 1. The van der Waals surface area contributed by atoms with E-state index in [1.54, 1.807) is 6.33 Å². The Bertz CT molecular complexity index is 1050. The van der Waals surface area contributed by atoms with Crippen LogP contribution in [0.3, 0.4) is 0 Å². The Balaban J connectivity index is 1.45. The van der Waals surface area contributed by atoms with Crippen LogP contribution < -0.4 is 5.32 Å². The highest BCUT2D eigenvalue weighted by Gasteiger charge is 2.29. The van der Waals surface area contributed by atoms with E-state index < -0.39 is 0 Å². The molecule has 4 heteroatoms. The molecule has 0 bridgehead atoms. The first-order valence-corrected chi connectivity index (χ1v) is 9.94. The molecule has 4 aromatic rings. The number of para-hydroxylation sites is 2. The molecule has 0 atom stereocenters. The average molecular weight is 383 g/mol. The van der Waals surface area contributed by atoms with Crippen LogP contribution in [0.2, 0.25) is 0 Å². The molecule has 1 amide bonds. The Morgan fingerprint density at radius 2 is 1.48 bits per heavy atom. The molecule has 1 N–H and O–H groups in total. The van der Waals surface area contributed by atoms with Gasteiger partial charge in [0, 0.05) is 24.9 Å². The molecule has 0 saturated heterocycles. The summed E-state index contributed by atoms with van der Waals surface area (Å²) in [5, 5.41) is 3.16. The monoisotopic (exact) mass is 383 g/mol. The van der Waals surface area contributed by atoms with Crippen LogP contribution in [-0.2, 0) is 16.8 Å². The molecule has 0 spiro atoms. The van der Waals surface area contributed by atoms with E-state index in [0.29, 0.717) is 19.5 Å². The van der Waals surface area contributed by atoms with Crippen LogP contribution in [0, 0.1) is 0 Å². The van der Waals surface area contributed by atoms with Crippen molar-refractivity contribution in [2.24, 2.45) is 0 Å². The zero-order valence-electron chi connectivity index (χ0n) is 16.6. The average Bonchev–Trinajstić information content (AvgIpc) is 3.20. The molecule has 4 rings (SSSR count). The maximum absolute atomic E-state index is 12.6. The molecule has 1 heterocycles. The van der Waals surface area contributed by atoms with Crippen LogP contribution in [0.25, 0.3) is 11.0 Å². The smallest absolute Gasteiger partial charge is 0.221 e. The molecule has 0 aliphatic carbocycles. The summed E-state index contributed by atoms with van der Waals surface area (Å²) in [6.45, 7) is 3.34. The van der Waals surface area contributed by atoms with Crippen molar-refractivity contribution in [2.75, 3.05) is 6.54 Å². The zero-order valence-corrected chi connectivity index (χ0v) is 16.6. The van der Waals surface area contributed by atoms with Crippen LogP contribution in [0.5, 0.6) is 0 Å². The number of hydrogen-bond acceptors (Lipinski definition) is 2. The maximum atomic E-state index is 12.6. The summed E-state index contributed by atoms with van der Waals surface area (Å²) in [7, 11) is 0. The number of nitrogens with zero attached hydrogens (tertiary/aromatic N) is 2. The summed E-state index contributed by atoms with van der Waals surface area (Å²) < 4.78 is 2.03. The number of nitrogens with one attached hydrogen (secondary N) is 1. The van der Waals surface area contributed by atoms with Gasteiger partial charge in [-0.05, 0) is 30.2 Å². The van der Waals surface area contributed by atoms with Gasteiger partial charge in [0.25, 0.3) is 0 Å². The number of carbonyl (C=O) groups is 1. The minimum atomic E-state index is -0.292. The number of aromatic nitrogens is 2. The molecule has 146 valence electrons. The summed E-state index contributed by atoms with van der Waals surface area (Å²) in [5.41, 5.74) is 4.09. The highest BCUT2D eigenvalue weighted by molar-refractivity contribution is 5.77. The SMILES string of the molecule is CC(CNC(=O)CCn1cnc2ccccc21)(c1ccccc1)c1ccccc1. The van der Waals surface area contributed by atoms with Crippen molar-refractivity contribution in [3.63, 3.8) is 0 Å². The minimum absolute atomic E-state index is 0.0425. The number of carbonyl (C=O) groups excluding carboxylic acids is 1. The van der Waals surface area contributed by atoms with E-state index in [2.05, 4.69) is 41.5 Å². The Labute approximate surface area is 171 Å². The van der Waals surface area contributed by atoms with Gasteiger partial charge in [0.2, 0.25) is 5.91 Å². The fourth-order valence-electron chi connectivity index (χ4n) is 3.76.